The van der Waals surface area contributed by atoms with Crippen LogP contribution in [0.15, 0.2) is 12.2 Å². The lowest BCUT2D eigenvalue weighted by atomic mass is 10.1. The van der Waals surface area contributed by atoms with Gasteiger partial charge < -0.3 is 14.4 Å². The molecule has 0 heterocycles. The lowest BCUT2D eigenvalue weighted by Crippen LogP contribution is -2.64. The highest BCUT2D eigenvalue weighted by molar-refractivity contribution is 7.87. The maximum atomic E-state index is 14.1. The van der Waals surface area contributed by atoms with Gasteiger partial charge in [-0.15, -0.1) is 0 Å². The predicted molar refractivity (Wildman–Crippen MR) is 108 cm³/mol. The number of halogens is 10. The molecular formula is C19H25F10NO7S. The molecule has 1 unspecified atom stereocenters. The van der Waals surface area contributed by atoms with Gasteiger partial charge >= 0.3 is 51.3 Å². The van der Waals surface area contributed by atoms with E-state index in [4.69, 9.17) is 4.55 Å². The molecule has 1 amide bonds. The van der Waals surface area contributed by atoms with Crippen LogP contribution in [0.2, 0.25) is 0 Å². The number of amides is 1. The topological polar surface area (TPSA) is 110 Å². The van der Waals surface area contributed by atoms with E-state index in [-0.39, 0.29) is 0 Å². The Morgan fingerprint density at radius 1 is 0.895 bits per heavy atom. The summed E-state index contributed by atoms with van der Waals surface area (Å²) >= 11 is 0. The molecule has 0 fully saturated rings. The van der Waals surface area contributed by atoms with E-state index in [2.05, 4.69) is 16.1 Å². The monoisotopic (exact) mass is 601 g/mol. The van der Waals surface area contributed by atoms with Crippen molar-refractivity contribution in [2.24, 2.45) is 0 Å². The third kappa shape index (κ3) is 7.93. The summed E-state index contributed by atoms with van der Waals surface area (Å²) in [6, 6.07) is -2.14. The Kier molecular flexibility index (Phi) is 11.3. The molecule has 0 rings (SSSR count). The minimum Gasteiger partial charge on any atom is -0.412 e. The average molecular weight is 601 g/mol. The summed E-state index contributed by atoms with van der Waals surface area (Å²) in [7, 11) is -6.59. The summed E-state index contributed by atoms with van der Waals surface area (Å²) in [6.45, 7) is 5.60. The zero-order chi connectivity index (χ0) is 30.7. The van der Waals surface area contributed by atoms with Crippen LogP contribution in [0.4, 0.5) is 43.9 Å². The van der Waals surface area contributed by atoms with Gasteiger partial charge in [0.15, 0.2) is 0 Å². The molecule has 1 atom stereocenters. The molecule has 0 aliphatic rings. The van der Waals surface area contributed by atoms with Crippen LogP contribution in [0.5, 0.6) is 0 Å². The van der Waals surface area contributed by atoms with Crippen molar-refractivity contribution in [2.75, 3.05) is 6.61 Å². The fourth-order valence-corrected chi connectivity index (χ4v) is 3.42. The number of ether oxygens (including phenoxy) is 2. The smallest absolute Gasteiger partial charge is 0.412 e. The summed E-state index contributed by atoms with van der Waals surface area (Å²) in [6.07, 6.45) is -15.9. The zero-order valence-corrected chi connectivity index (χ0v) is 21.0. The highest BCUT2D eigenvalue weighted by Crippen LogP contribution is 2.42. The summed E-state index contributed by atoms with van der Waals surface area (Å²) in [5, 5.41) is -5.96. The Hall–Kier alpha value is -2.15. The van der Waals surface area contributed by atoms with E-state index in [1.807, 2.05) is 0 Å². The van der Waals surface area contributed by atoms with Gasteiger partial charge in [0.05, 0.1) is 6.61 Å². The predicted octanol–water partition coefficient (Wildman–Crippen LogP) is 4.85. The molecule has 0 radical (unpaired) electrons. The fourth-order valence-electron chi connectivity index (χ4n) is 2.94. The van der Waals surface area contributed by atoms with Crippen molar-refractivity contribution in [1.82, 2.24) is 4.90 Å². The van der Waals surface area contributed by atoms with E-state index < -0.39 is 94.8 Å². The number of hydrogen-bond acceptors (Lipinski definition) is 6. The van der Waals surface area contributed by atoms with Crippen LogP contribution in [-0.4, -0.2) is 77.8 Å². The van der Waals surface area contributed by atoms with Crippen molar-refractivity contribution < 1.29 is 75.9 Å². The second-order valence-corrected chi connectivity index (χ2v) is 9.84. The van der Waals surface area contributed by atoms with Crippen molar-refractivity contribution in [3.63, 3.8) is 0 Å². The number of unbranched alkanes of at least 4 members (excludes halogenated alkanes) is 1. The first-order valence-corrected chi connectivity index (χ1v) is 11.9. The quantitative estimate of drug-likeness (QED) is 0.0803. The first-order chi connectivity index (χ1) is 16.7. The molecule has 0 bridgehead atoms. The number of rotatable bonds is 13. The highest BCUT2D eigenvalue weighted by Gasteiger charge is 2.68. The Morgan fingerprint density at radius 3 is 1.68 bits per heavy atom. The number of esters is 1. The van der Waals surface area contributed by atoms with Gasteiger partial charge in [0.25, 0.3) is 0 Å². The van der Waals surface area contributed by atoms with Crippen molar-refractivity contribution in [3.05, 3.63) is 12.2 Å². The van der Waals surface area contributed by atoms with Gasteiger partial charge in [-0.2, -0.15) is 52.3 Å². The van der Waals surface area contributed by atoms with E-state index >= 15 is 0 Å². The van der Waals surface area contributed by atoms with Crippen LogP contribution in [0.25, 0.3) is 0 Å². The highest BCUT2D eigenvalue weighted by atomic mass is 32.2. The van der Waals surface area contributed by atoms with E-state index in [0.717, 1.165) is 0 Å². The van der Waals surface area contributed by atoms with Gasteiger partial charge in [-0.25, -0.2) is 4.79 Å². The molecule has 19 heteroatoms. The van der Waals surface area contributed by atoms with E-state index in [1.165, 1.54) is 27.7 Å². The van der Waals surface area contributed by atoms with Crippen molar-refractivity contribution >= 4 is 22.0 Å². The molecule has 0 spiro atoms. The maximum Gasteiger partial charge on any atom is 0.466 e. The van der Waals surface area contributed by atoms with Crippen molar-refractivity contribution in [1.29, 1.82) is 0 Å². The van der Waals surface area contributed by atoms with Gasteiger partial charge in [0, 0.05) is 18.5 Å². The second kappa shape index (κ2) is 11.9. The standard InChI is InChI=1S/C19H25F10NO7S/c1-10(2)30(11(3)4)14(32)16(18(25,26)27,37-13(31)12(5)17(22,23)24)36-9-7-6-8-15(20,21)19(28,29)38(33,34)35/h10-11H,5-9H2,1-4H3,(H,33,34,35). The average Bonchev–Trinajstić information content (AvgIpc) is 2.68. The van der Waals surface area contributed by atoms with Gasteiger partial charge in [-0.1, -0.05) is 6.58 Å². The van der Waals surface area contributed by atoms with E-state index in [1.54, 1.807) is 0 Å². The largest absolute Gasteiger partial charge is 0.466 e. The molecule has 8 nitrogen and oxygen atoms in total. The molecule has 38 heavy (non-hydrogen) atoms. The second-order valence-electron chi connectivity index (χ2n) is 8.38. The normalized spacial score (nSPS) is 15.4. The molecule has 0 aliphatic carbocycles. The number of carbonyl (C=O) groups is 2. The third-order valence-corrected chi connectivity index (χ3v) is 5.71. The van der Waals surface area contributed by atoms with Gasteiger partial charge in [0.2, 0.25) is 0 Å². The fraction of sp³-hybridized carbons (Fsp3) is 0.789. The summed E-state index contributed by atoms with van der Waals surface area (Å²) in [5.74, 6) is -15.1. The van der Waals surface area contributed by atoms with Gasteiger partial charge in [0.1, 0.15) is 5.57 Å². The Morgan fingerprint density at radius 2 is 1.34 bits per heavy atom. The van der Waals surface area contributed by atoms with Crippen LogP contribution in [0.1, 0.15) is 47.0 Å². The molecule has 0 aliphatic heterocycles. The minimum absolute atomic E-state index is 0.442. The summed E-state index contributed by atoms with van der Waals surface area (Å²) < 4.78 is 172. The third-order valence-electron chi connectivity index (χ3n) is 4.77. The number of hydrogen-bond donors (Lipinski definition) is 1. The number of alkyl halides is 10. The Labute approximate surface area is 210 Å². The van der Waals surface area contributed by atoms with E-state index in [0.29, 0.717) is 4.90 Å². The first kappa shape index (κ1) is 35.9. The molecule has 0 aromatic carbocycles. The van der Waals surface area contributed by atoms with Crippen LogP contribution < -0.4 is 0 Å². The van der Waals surface area contributed by atoms with Crippen LogP contribution >= 0.6 is 0 Å². The lowest BCUT2D eigenvalue weighted by Gasteiger charge is -2.40. The van der Waals surface area contributed by atoms with Crippen molar-refractivity contribution in [2.45, 2.75) is 88.4 Å². The molecule has 224 valence electrons. The molecule has 0 aromatic rings. The Balaban J connectivity index is 6.22. The first-order valence-electron chi connectivity index (χ1n) is 10.4. The maximum absolute atomic E-state index is 14.1. The number of nitrogens with zero attached hydrogens (tertiary/aromatic N) is 1. The molecule has 1 N–H and O–H groups in total. The molecular weight excluding hydrogens is 576 g/mol. The van der Waals surface area contributed by atoms with Crippen LogP contribution in [0, 0.1) is 0 Å². The van der Waals surface area contributed by atoms with E-state index in [9.17, 15) is 61.9 Å². The van der Waals surface area contributed by atoms with Crippen molar-refractivity contribution in [3.8, 4) is 0 Å². The minimum atomic E-state index is -6.59. The van der Waals surface area contributed by atoms with Gasteiger partial charge in [-0.05, 0) is 40.5 Å². The molecule has 0 aromatic heterocycles. The lowest BCUT2D eigenvalue weighted by molar-refractivity contribution is -0.352. The summed E-state index contributed by atoms with van der Waals surface area (Å²) in [5.41, 5.74) is -2.45. The zero-order valence-electron chi connectivity index (χ0n) is 20.2. The van der Waals surface area contributed by atoms with Crippen LogP contribution in [-0.2, 0) is 29.2 Å². The van der Waals surface area contributed by atoms with Crippen LogP contribution in [0.3, 0.4) is 0 Å². The number of carbonyl (C=O) groups excluding carboxylic acids is 2. The Bertz CT molecular complexity index is 969. The summed E-state index contributed by atoms with van der Waals surface area (Å²) in [4.78, 5) is 25.3. The molecule has 0 saturated carbocycles. The SMILES string of the molecule is C=C(C(=O)OC(OCCCCC(F)(F)C(F)(F)S(=O)(=O)O)(C(=O)N(C(C)C)C(C)C)C(F)(F)F)C(F)(F)F. The van der Waals surface area contributed by atoms with Gasteiger partial charge in [-0.3, -0.25) is 9.35 Å². The molecule has 0 saturated heterocycles.